The molecule has 6 rings (SSSR count). The highest BCUT2D eigenvalue weighted by Crippen LogP contribution is 2.48. The first-order valence-electron chi connectivity index (χ1n) is 25.7. The van der Waals surface area contributed by atoms with E-state index in [4.69, 9.17) is 33.2 Å². The number of esters is 2. The maximum Gasteiger partial charge on any atom is 0.305 e. The zero-order valence-electron chi connectivity index (χ0n) is 39.2. The minimum atomic E-state index is -0.374. The number of rotatable bonds is 35. The molecule has 5 fully saturated rings. The molecule has 5 aliphatic rings. The van der Waals surface area contributed by atoms with E-state index in [1.165, 1.54) is 95.5 Å². The van der Waals surface area contributed by atoms with E-state index in [-0.39, 0.29) is 48.6 Å². The summed E-state index contributed by atoms with van der Waals surface area (Å²) in [5, 5.41) is 0. The highest BCUT2D eigenvalue weighted by atomic mass is 16.7. The maximum atomic E-state index is 13.1. The standard InChI is InChI=1S/C52H87NO9/c1-3-5-7-9-11-17-38-59-48(60-39-18-12-10-8-6-4-2)28-26-46(54)57-40-32-52(30-35-53(36-31-52)34-16-19-37-56-42-43-20-14-13-15-21-43)33-41-58-47(55)27-29-49-61-50-44-22-23-45(25-24-44)51(50)62-49/h13-15,20-21,44-45,48-51H,3-12,16-19,22-42H2,1-2H3. The zero-order chi connectivity index (χ0) is 43.5. The van der Waals surface area contributed by atoms with Crippen molar-refractivity contribution in [3.8, 4) is 0 Å². The van der Waals surface area contributed by atoms with Crippen molar-refractivity contribution >= 4 is 11.9 Å². The van der Waals surface area contributed by atoms with Gasteiger partial charge in [-0.05, 0) is 119 Å². The molecule has 0 aromatic heterocycles. The minimum absolute atomic E-state index is 0.0501. The topological polar surface area (TPSA) is 102 Å². The van der Waals surface area contributed by atoms with Crippen molar-refractivity contribution in [3.63, 3.8) is 0 Å². The number of likely N-dealkylation sites (tertiary alicyclic amines) is 1. The molecule has 10 nitrogen and oxygen atoms in total. The van der Waals surface area contributed by atoms with Gasteiger partial charge in [0.05, 0.1) is 44.9 Å². The van der Waals surface area contributed by atoms with Crippen LogP contribution in [0.5, 0.6) is 0 Å². The van der Waals surface area contributed by atoms with Gasteiger partial charge in [0, 0.05) is 32.7 Å². The van der Waals surface area contributed by atoms with E-state index < -0.39 is 0 Å². The molecule has 1 aromatic rings. The monoisotopic (exact) mass is 870 g/mol. The van der Waals surface area contributed by atoms with Crippen molar-refractivity contribution in [3.05, 3.63) is 35.9 Å². The fourth-order valence-corrected chi connectivity index (χ4v) is 10.2. The minimum Gasteiger partial charge on any atom is -0.466 e. The van der Waals surface area contributed by atoms with E-state index >= 15 is 0 Å². The van der Waals surface area contributed by atoms with Crippen LogP contribution in [0.4, 0.5) is 0 Å². The third-order valence-corrected chi connectivity index (χ3v) is 14.3. The lowest BCUT2D eigenvalue weighted by Gasteiger charge is -2.43. The lowest BCUT2D eigenvalue weighted by Crippen LogP contribution is -2.45. The number of hydrogen-bond acceptors (Lipinski definition) is 10. The van der Waals surface area contributed by atoms with Gasteiger partial charge in [0.25, 0.3) is 0 Å². The fraction of sp³-hybridized carbons (Fsp3) is 0.846. The largest absolute Gasteiger partial charge is 0.466 e. The van der Waals surface area contributed by atoms with Crippen LogP contribution in [0, 0.1) is 17.3 Å². The summed E-state index contributed by atoms with van der Waals surface area (Å²) in [4.78, 5) is 28.7. The van der Waals surface area contributed by atoms with E-state index in [0.29, 0.717) is 64.1 Å². The Bertz CT molecular complexity index is 1280. The van der Waals surface area contributed by atoms with Crippen LogP contribution in [0.15, 0.2) is 30.3 Å². The van der Waals surface area contributed by atoms with Gasteiger partial charge in [-0.3, -0.25) is 9.59 Å². The first-order valence-corrected chi connectivity index (χ1v) is 25.7. The van der Waals surface area contributed by atoms with Crippen LogP contribution in [0.3, 0.4) is 0 Å². The number of ether oxygens (including phenoxy) is 7. The summed E-state index contributed by atoms with van der Waals surface area (Å²) in [6.07, 6.45) is 26.5. The molecular weight excluding hydrogens is 783 g/mol. The van der Waals surface area contributed by atoms with Gasteiger partial charge >= 0.3 is 11.9 Å². The second-order valence-corrected chi connectivity index (χ2v) is 19.1. The summed E-state index contributed by atoms with van der Waals surface area (Å²) in [7, 11) is 0. The van der Waals surface area contributed by atoms with Crippen LogP contribution in [-0.2, 0) is 49.4 Å². The van der Waals surface area contributed by atoms with Crippen LogP contribution < -0.4 is 0 Å². The normalized spacial score (nSPS) is 23.2. The Hall–Kier alpha value is -2.08. The molecule has 3 aliphatic carbocycles. The Morgan fingerprint density at radius 3 is 1.77 bits per heavy atom. The zero-order valence-corrected chi connectivity index (χ0v) is 39.2. The van der Waals surface area contributed by atoms with E-state index in [2.05, 4.69) is 43.0 Å². The Balaban J connectivity index is 1.02. The summed E-state index contributed by atoms with van der Waals surface area (Å²) in [5.74, 6) is 0.846. The molecule has 2 unspecified atom stereocenters. The van der Waals surface area contributed by atoms with E-state index in [9.17, 15) is 9.59 Å². The molecule has 62 heavy (non-hydrogen) atoms. The second-order valence-electron chi connectivity index (χ2n) is 19.1. The smallest absolute Gasteiger partial charge is 0.305 e. The molecule has 2 atom stereocenters. The summed E-state index contributed by atoms with van der Waals surface area (Å²) < 4.78 is 42.7. The predicted molar refractivity (Wildman–Crippen MR) is 244 cm³/mol. The summed E-state index contributed by atoms with van der Waals surface area (Å²) in [6, 6.07) is 10.3. The average Bonchev–Trinajstić information content (AvgIpc) is 3.76. The van der Waals surface area contributed by atoms with Gasteiger partial charge in [-0.2, -0.15) is 0 Å². The highest BCUT2D eigenvalue weighted by Gasteiger charge is 2.50. The van der Waals surface area contributed by atoms with Crippen molar-refractivity contribution in [2.24, 2.45) is 17.3 Å². The molecule has 354 valence electrons. The lowest BCUT2D eigenvalue weighted by atomic mass is 9.67. The van der Waals surface area contributed by atoms with Crippen LogP contribution in [-0.4, -0.2) is 94.3 Å². The lowest BCUT2D eigenvalue weighted by molar-refractivity contribution is -0.160. The maximum absolute atomic E-state index is 13.1. The van der Waals surface area contributed by atoms with Gasteiger partial charge in [-0.25, -0.2) is 0 Å². The summed E-state index contributed by atoms with van der Waals surface area (Å²) in [5.41, 5.74) is 1.16. The van der Waals surface area contributed by atoms with Crippen molar-refractivity contribution in [1.82, 2.24) is 4.90 Å². The molecule has 0 N–H and O–H groups in total. The summed E-state index contributed by atoms with van der Waals surface area (Å²) >= 11 is 0. The van der Waals surface area contributed by atoms with Crippen molar-refractivity contribution < 1.29 is 42.7 Å². The number of benzene rings is 1. The molecule has 2 bridgehead atoms. The molecule has 0 spiro atoms. The van der Waals surface area contributed by atoms with Crippen molar-refractivity contribution in [2.45, 2.75) is 212 Å². The Kier molecular flexibility index (Phi) is 24.8. The van der Waals surface area contributed by atoms with E-state index in [1.54, 1.807) is 0 Å². The first-order chi connectivity index (χ1) is 30.5. The number of unbranched alkanes of at least 4 members (excludes halogenated alkanes) is 11. The molecule has 3 saturated carbocycles. The van der Waals surface area contributed by atoms with Crippen molar-refractivity contribution in [1.29, 1.82) is 0 Å². The summed E-state index contributed by atoms with van der Waals surface area (Å²) in [6.45, 7) is 11.0. The number of fused-ring (bicyclic) bond motifs is 2. The highest BCUT2D eigenvalue weighted by molar-refractivity contribution is 5.69. The number of nitrogens with zero attached hydrogens (tertiary/aromatic N) is 1. The van der Waals surface area contributed by atoms with Crippen LogP contribution >= 0.6 is 0 Å². The van der Waals surface area contributed by atoms with Gasteiger partial charge < -0.3 is 38.1 Å². The van der Waals surface area contributed by atoms with Gasteiger partial charge in [-0.1, -0.05) is 108 Å². The predicted octanol–water partition coefficient (Wildman–Crippen LogP) is 11.5. The van der Waals surface area contributed by atoms with Crippen LogP contribution in [0.25, 0.3) is 0 Å². The Labute approximate surface area is 376 Å². The SMILES string of the molecule is CCCCCCCCOC(CCC(=O)OCCC1(CCOC(=O)CCC2OC3C4CCC(CC4)C3O2)CCN(CCCCOCc2ccccc2)CC1)OCCCCCCCC. The molecule has 0 amide bonds. The van der Waals surface area contributed by atoms with Crippen molar-refractivity contribution in [2.75, 3.05) is 52.7 Å². The molecule has 0 radical (unpaired) electrons. The van der Waals surface area contributed by atoms with E-state index in [0.717, 1.165) is 77.6 Å². The van der Waals surface area contributed by atoms with Gasteiger partial charge in [0.1, 0.15) is 0 Å². The number of hydrogen-bond donors (Lipinski definition) is 0. The quantitative estimate of drug-likeness (QED) is 0.0372. The molecule has 2 heterocycles. The number of carbonyl (C=O) groups is 2. The van der Waals surface area contributed by atoms with Gasteiger partial charge in [-0.15, -0.1) is 0 Å². The number of piperidine rings is 1. The first kappa shape index (κ1) is 50.9. The Morgan fingerprint density at radius 1 is 0.661 bits per heavy atom. The Morgan fingerprint density at radius 2 is 1.19 bits per heavy atom. The molecule has 2 aliphatic heterocycles. The van der Waals surface area contributed by atoms with Gasteiger partial charge in [0.2, 0.25) is 0 Å². The molecular formula is C52H87NO9. The second kappa shape index (κ2) is 30.2. The van der Waals surface area contributed by atoms with Gasteiger partial charge in [0.15, 0.2) is 12.6 Å². The molecule has 10 heteroatoms. The number of carbonyl (C=O) groups excluding carboxylic acids is 2. The third-order valence-electron chi connectivity index (χ3n) is 14.3. The van der Waals surface area contributed by atoms with Crippen LogP contribution in [0.1, 0.15) is 186 Å². The molecule has 1 aromatic carbocycles. The fourth-order valence-electron chi connectivity index (χ4n) is 10.2. The van der Waals surface area contributed by atoms with E-state index in [1.807, 2.05) is 6.07 Å². The van der Waals surface area contributed by atoms with Crippen LogP contribution in [0.2, 0.25) is 0 Å². The molecule has 2 saturated heterocycles. The third kappa shape index (κ3) is 19.2. The average molecular weight is 870 g/mol.